The van der Waals surface area contributed by atoms with Crippen molar-refractivity contribution >= 4 is 17.5 Å². The normalized spacial score (nSPS) is 14.3. The zero-order valence-electron chi connectivity index (χ0n) is 10.4. The Hall–Kier alpha value is -1.81. The van der Waals surface area contributed by atoms with E-state index in [1.165, 1.54) is 0 Å². The third kappa shape index (κ3) is 2.24. The second kappa shape index (κ2) is 5.05. The number of halogens is 1. The maximum absolute atomic E-state index is 11.7. The smallest absolute Gasteiger partial charge is 0.237 e. The van der Waals surface area contributed by atoms with E-state index in [4.69, 9.17) is 11.6 Å². The van der Waals surface area contributed by atoms with Gasteiger partial charge in [0.25, 0.3) is 0 Å². The largest absolute Gasteiger partial charge is 0.337 e. The molecule has 2 aromatic rings. The standard InChI is InChI=1S/C14H14ClN3O/c15-8-13(19)18-7-6-12-11(9-18)14(17-16-12)10-4-2-1-3-5-10/h1-5H,6-9H2,(H,16,17). The van der Waals surface area contributed by atoms with Crippen molar-refractivity contribution in [1.29, 1.82) is 0 Å². The van der Waals surface area contributed by atoms with Crippen LogP contribution < -0.4 is 0 Å². The minimum Gasteiger partial charge on any atom is -0.337 e. The second-order valence-corrected chi connectivity index (χ2v) is 4.86. The molecule has 0 unspecified atom stereocenters. The van der Waals surface area contributed by atoms with E-state index in [1.54, 1.807) is 4.90 Å². The van der Waals surface area contributed by atoms with Crippen molar-refractivity contribution in [2.45, 2.75) is 13.0 Å². The zero-order valence-corrected chi connectivity index (χ0v) is 11.2. The number of hydrogen-bond donors (Lipinski definition) is 1. The molecule has 0 radical (unpaired) electrons. The van der Waals surface area contributed by atoms with Gasteiger partial charge >= 0.3 is 0 Å². The summed E-state index contributed by atoms with van der Waals surface area (Å²) in [5.41, 5.74) is 4.23. The number of rotatable bonds is 2. The van der Waals surface area contributed by atoms with E-state index in [0.717, 1.165) is 28.9 Å². The summed E-state index contributed by atoms with van der Waals surface area (Å²) in [7, 11) is 0. The predicted octanol–water partition coefficient (Wildman–Crippen LogP) is 2.20. The first-order valence-corrected chi connectivity index (χ1v) is 6.78. The highest BCUT2D eigenvalue weighted by Crippen LogP contribution is 2.28. The van der Waals surface area contributed by atoms with Crippen molar-refractivity contribution < 1.29 is 4.79 Å². The number of alkyl halides is 1. The van der Waals surface area contributed by atoms with E-state index in [0.29, 0.717) is 13.1 Å². The summed E-state index contributed by atoms with van der Waals surface area (Å²) in [6.07, 6.45) is 0.803. The highest BCUT2D eigenvalue weighted by molar-refractivity contribution is 6.27. The Labute approximate surface area is 116 Å². The average molecular weight is 276 g/mol. The van der Waals surface area contributed by atoms with E-state index in [-0.39, 0.29) is 11.8 Å². The molecule has 5 heteroatoms. The fourth-order valence-electron chi connectivity index (χ4n) is 2.43. The van der Waals surface area contributed by atoms with Crippen LogP contribution in [-0.4, -0.2) is 33.4 Å². The molecule has 1 aliphatic rings. The highest BCUT2D eigenvalue weighted by Gasteiger charge is 2.24. The number of aromatic nitrogens is 2. The maximum atomic E-state index is 11.7. The van der Waals surface area contributed by atoms with E-state index in [2.05, 4.69) is 10.2 Å². The summed E-state index contributed by atoms with van der Waals surface area (Å²) < 4.78 is 0. The summed E-state index contributed by atoms with van der Waals surface area (Å²) in [6.45, 7) is 1.29. The van der Waals surface area contributed by atoms with Crippen LogP contribution in [-0.2, 0) is 17.8 Å². The Morgan fingerprint density at radius 3 is 2.89 bits per heavy atom. The Morgan fingerprint density at radius 2 is 2.16 bits per heavy atom. The topological polar surface area (TPSA) is 49.0 Å². The minimum atomic E-state index is -0.0208. The number of nitrogens with one attached hydrogen (secondary N) is 1. The molecule has 3 rings (SSSR count). The van der Waals surface area contributed by atoms with Crippen molar-refractivity contribution in [3.8, 4) is 11.3 Å². The van der Waals surface area contributed by atoms with Crippen LogP contribution in [0.15, 0.2) is 30.3 Å². The first-order valence-electron chi connectivity index (χ1n) is 6.25. The SMILES string of the molecule is O=C(CCl)N1CCc2[nH]nc(-c3ccccc3)c2C1. The van der Waals surface area contributed by atoms with Gasteiger partial charge in [-0.2, -0.15) is 5.10 Å². The van der Waals surface area contributed by atoms with Crippen molar-refractivity contribution in [3.63, 3.8) is 0 Å². The molecule has 4 nitrogen and oxygen atoms in total. The molecule has 98 valence electrons. The number of hydrogen-bond acceptors (Lipinski definition) is 2. The molecule has 0 atom stereocenters. The van der Waals surface area contributed by atoms with Gasteiger partial charge in [-0.3, -0.25) is 9.89 Å². The summed E-state index contributed by atoms with van der Waals surface area (Å²) in [5, 5.41) is 7.47. The third-order valence-corrected chi connectivity index (χ3v) is 3.68. The van der Waals surface area contributed by atoms with Gasteiger partial charge in [0.2, 0.25) is 5.91 Å². The molecule has 2 heterocycles. The lowest BCUT2D eigenvalue weighted by atomic mass is 10.0. The first-order chi connectivity index (χ1) is 9.29. The molecule has 1 N–H and O–H groups in total. The highest BCUT2D eigenvalue weighted by atomic mass is 35.5. The fraction of sp³-hybridized carbons (Fsp3) is 0.286. The average Bonchev–Trinajstić information content (AvgIpc) is 2.90. The predicted molar refractivity (Wildman–Crippen MR) is 73.9 cm³/mol. The monoisotopic (exact) mass is 275 g/mol. The first kappa shape index (κ1) is 12.2. The van der Waals surface area contributed by atoms with Crippen LogP contribution >= 0.6 is 11.6 Å². The number of aromatic amines is 1. The lowest BCUT2D eigenvalue weighted by Crippen LogP contribution is -2.36. The Kier molecular flexibility index (Phi) is 3.25. The third-order valence-electron chi connectivity index (χ3n) is 3.45. The van der Waals surface area contributed by atoms with Gasteiger partial charge < -0.3 is 4.90 Å². The second-order valence-electron chi connectivity index (χ2n) is 4.59. The molecule has 0 saturated carbocycles. The number of H-pyrrole nitrogens is 1. The Balaban J connectivity index is 1.95. The van der Waals surface area contributed by atoms with E-state index in [9.17, 15) is 4.79 Å². The number of amides is 1. The van der Waals surface area contributed by atoms with Crippen molar-refractivity contribution in [2.24, 2.45) is 0 Å². The number of nitrogens with zero attached hydrogens (tertiary/aromatic N) is 2. The van der Waals surface area contributed by atoms with Crippen molar-refractivity contribution in [1.82, 2.24) is 15.1 Å². The summed E-state index contributed by atoms with van der Waals surface area (Å²) >= 11 is 5.63. The van der Waals surface area contributed by atoms with Crippen molar-refractivity contribution in [3.05, 3.63) is 41.6 Å². The summed E-state index contributed by atoms with van der Waals surface area (Å²) in [6, 6.07) is 10.0. The lowest BCUT2D eigenvalue weighted by Gasteiger charge is -2.26. The van der Waals surface area contributed by atoms with Gasteiger partial charge in [-0.15, -0.1) is 11.6 Å². The van der Waals surface area contributed by atoms with Crippen LogP contribution in [0.25, 0.3) is 11.3 Å². The number of benzene rings is 1. The molecule has 1 aliphatic heterocycles. The van der Waals surface area contributed by atoms with Gasteiger partial charge in [0.1, 0.15) is 5.88 Å². The Morgan fingerprint density at radius 1 is 1.37 bits per heavy atom. The van der Waals surface area contributed by atoms with Gasteiger partial charge in [-0.25, -0.2) is 0 Å². The van der Waals surface area contributed by atoms with E-state index < -0.39 is 0 Å². The zero-order chi connectivity index (χ0) is 13.2. The van der Waals surface area contributed by atoms with Gasteiger partial charge in [-0.1, -0.05) is 30.3 Å². The fourth-order valence-corrected chi connectivity index (χ4v) is 2.60. The molecule has 0 aliphatic carbocycles. The quantitative estimate of drug-likeness (QED) is 0.854. The Bertz CT molecular complexity index is 594. The summed E-state index contributed by atoms with van der Waals surface area (Å²) in [5.74, 6) is 0.0148. The van der Waals surface area contributed by atoms with E-state index >= 15 is 0 Å². The molecule has 0 fully saturated rings. The van der Waals surface area contributed by atoms with Crippen LogP contribution in [0.4, 0.5) is 0 Å². The number of carbonyl (C=O) groups is 1. The van der Waals surface area contributed by atoms with Crippen LogP contribution in [0.1, 0.15) is 11.3 Å². The molecule has 0 saturated heterocycles. The van der Waals surface area contributed by atoms with Crippen LogP contribution in [0.2, 0.25) is 0 Å². The molecule has 1 aromatic heterocycles. The minimum absolute atomic E-state index is 0.0208. The maximum Gasteiger partial charge on any atom is 0.237 e. The van der Waals surface area contributed by atoms with Gasteiger partial charge in [0, 0.05) is 36.3 Å². The van der Waals surface area contributed by atoms with Crippen LogP contribution in [0.3, 0.4) is 0 Å². The van der Waals surface area contributed by atoms with Gasteiger partial charge in [-0.05, 0) is 0 Å². The van der Waals surface area contributed by atoms with Crippen LogP contribution in [0, 0.1) is 0 Å². The number of fused-ring (bicyclic) bond motifs is 1. The molecular formula is C14H14ClN3O. The van der Waals surface area contributed by atoms with Crippen LogP contribution in [0.5, 0.6) is 0 Å². The lowest BCUT2D eigenvalue weighted by molar-refractivity contribution is -0.129. The molecular weight excluding hydrogens is 262 g/mol. The molecule has 0 spiro atoms. The van der Waals surface area contributed by atoms with Gasteiger partial charge in [0.05, 0.1) is 5.69 Å². The van der Waals surface area contributed by atoms with Crippen molar-refractivity contribution in [2.75, 3.05) is 12.4 Å². The summed E-state index contributed by atoms with van der Waals surface area (Å²) in [4.78, 5) is 13.5. The molecule has 1 aromatic carbocycles. The van der Waals surface area contributed by atoms with Gasteiger partial charge in [0.15, 0.2) is 0 Å². The number of carbonyl (C=O) groups excluding carboxylic acids is 1. The molecule has 19 heavy (non-hydrogen) atoms. The molecule has 0 bridgehead atoms. The molecule has 1 amide bonds. The van der Waals surface area contributed by atoms with E-state index in [1.807, 2.05) is 30.3 Å².